The molecule has 222 valence electrons. The van der Waals surface area contributed by atoms with Crippen LogP contribution in [0.3, 0.4) is 0 Å². The number of carbonyl (C=O) groups excluding carboxylic acids is 1. The fourth-order valence-corrected chi connectivity index (χ4v) is 6.81. The summed E-state index contributed by atoms with van der Waals surface area (Å²) in [7, 11) is 2.12. The first kappa shape index (κ1) is 28.5. The Morgan fingerprint density at radius 1 is 1.10 bits per heavy atom. The number of pyridine rings is 1. The number of benzene rings is 2. The number of phenols is 1. The molecule has 6 rings (SSSR count). The Balaban J connectivity index is 1.53. The van der Waals surface area contributed by atoms with E-state index in [1.807, 2.05) is 30.3 Å². The van der Waals surface area contributed by atoms with Crippen LogP contribution in [-0.2, 0) is 4.74 Å². The Labute approximate surface area is 247 Å². The molecule has 42 heavy (non-hydrogen) atoms. The van der Waals surface area contributed by atoms with Gasteiger partial charge in [0, 0.05) is 60.3 Å². The summed E-state index contributed by atoms with van der Waals surface area (Å²) >= 11 is 0. The topological polar surface area (TPSA) is 88.3 Å². The van der Waals surface area contributed by atoms with Gasteiger partial charge in [0.25, 0.3) is 0 Å². The van der Waals surface area contributed by atoms with E-state index in [1.54, 1.807) is 26.2 Å². The van der Waals surface area contributed by atoms with Gasteiger partial charge in [0.15, 0.2) is 0 Å². The minimum atomic E-state index is -0.454. The maximum absolute atomic E-state index is 13.4. The molecule has 1 saturated carbocycles. The van der Waals surface area contributed by atoms with Crippen molar-refractivity contribution in [3.05, 3.63) is 65.2 Å². The molecular weight excluding hydrogens is 530 g/mol. The van der Waals surface area contributed by atoms with Crippen molar-refractivity contribution in [1.29, 1.82) is 0 Å². The fourth-order valence-electron chi connectivity index (χ4n) is 6.81. The van der Waals surface area contributed by atoms with Crippen LogP contribution in [0, 0.1) is 12.8 Å². The molecule has 2 aliphatic rings. The van der Waals surface area contributed by atoms with E-state index in [4.69, 9.17) is 13.9 Å². The SMILES string of the molecule is CCOC(=O)c1c(C)oc2c1c(C(c1ccncc1)N1CCN(C)CC1)c(O)c1ccc(OCCC3CCCC3)cc12. The molecule has 0 radical (unpaired) electrons. The van der Waals surface area contributed by atoms with E-state index in [9.17, 15) is 9.90 Å². The van der Waals surface area contributed by atoms with Gasteiger partial charge in [-0.05, 0) is 69.1 Å². The number of aromatic hydroxyl groups is 1. The standard InChI is InChI=1S/C34H41N3O5/c1-4-40-34(39)28-22(2)42-33-27-21-25(41-20-13-23-7-5-6-8-23)9-10-26(27)32(38)30(29(28)33)31(24-11-14-35-15-12-24)37-18-16-36(3)17-19-37/h9-12,14-15,21,23,31,38H,4-8,13,16-20H2,1-3H3. The molecule has 1 unspecified atom stereocenters. The molecule has 1 N–H and O–H groups in total. The molecular formula is C34H41N3O5. The van der Waals surface area contributed by atoms with Crippen molar-refractivity contribution < 1.29 is 23.8 Å². The van der Waals surface area contributed by atoms with Crippen LogP contribution >= 0.6 is 0 Å². The van der Waals surface area contributed by atoms with Crippen molar-refractivity contribution in [3.63, 3.8) is 0 Å². The van der Waals surface area contributed by atoms with Crippen molar-refractivity contribution in [2.45, 2.75) is 52.0 Å². The molecule has 1 atom stereocenters. The van der Waals surface area contributed by atoms with Gasteiger partial charge in [-0.1, -0.05) is 25.7 Å². The number of aryl methyl sites for hydroxylation is 1. The third-order valence-corrected chi connectivity index (χ3v) is 9.05. The number of rotatable bonds is 9. The summed E-state index contributed by atoms with van der Waals surface area (Å²) in [6.45, 7) is 7.89. The first-order valence-electron chi connectivity index (χ1n) is 15.3. The van der Waals surface area contributed by atoms with Crippen LogP contribution < -0.4 is 4.74 Å². The molecule has 2 aromatic carbocycles. The first-order chi connectivity index (χ1) is 20.5. The molecule has 8 nitrogen and oxygen atoms in total. The van der Waals surface area contributed by atoms with E-state index in [2.05, 4.69) is 21.8 Å². The average molecular weight is 572 g/mol. The lowest BCUT2D eigenvalue weighted by molar-refractivity contribution is 0.0526. The lowest BCUT2D eigenvalue weighted by atomic mass is 9.89. The van der Waals surface area contributed by atoms with Crippen LogP contribution in [0.25, 0.3) is 21.7 Å². The molecule has 1 aliphatic carbocycles. The van der Waals surface area contributed by atoms with Gasteiger partial charge in [0.2, 0.25) is 0 Å². The number of phenolic OH excluding ortho intramolecular Hbond substituents is 1. The summed E-state index contributed by atoms with van der Waals surface area (Å²) in [6.07, 6.45) is 9.79. The van der Waals surface area contributed by atoms with Gasteiger partial charge in [0.05, 0.1) is 19.3 Å². The highest BCUT2D eigenvalue weighted by atomic mass is 16.5. The van der Waals surface area contributed by atoms with Gasteiger partial charge in [-0.25, -0.2) is 4.79 Å². The number of ether oxygens (including phenoxy) is 2. The van der Waals surface area contributed by atoms with Crippen LogP contribution in [0.15, 0.2) is 47.1 Å². The number of furan rings is 1. The van der Waals surface area contributed by atoms with E-state index in [-0.39, 0.29) is 18.4 Å². The van der Waals surface area contributed by atoms with Crippen LogP contribution in [0.5, 0.6) is 11.5 Å². The Morgan fingerprint density at radius 2 is 1.83 bits per heavy atom. The quantitative estimate of drug-likeness (QED) is 0.229. The fraction of sp³-hybridized carbons (Fsp3) is 0.471. The normalized spacial score (nSPS) is 17.7. The maximum Gasteiger partial charge on any atom is 0.342 e. The molecule has 2 aromatic heterocycles. The van der Waals surface area contributed by atoms with Gasteiger partial charge in [-0.2, -0.15) is 0 Å². The minimum Gasteiger partial charge on any atom is -0.507 e. The smallest absolute Gasteiger partial charge is 0.342 e. The molecule has 0 amide bonds. The van der Waals surface area contributed by atoms with Gasteiger partial charge in [0.1, 0.15) is 28.4 Å². The number of esters is 1. The average Bonchev–Trinajstić information content (AvgIpc) is 3.64. The third-order valence-electron chi connectivity index (χ3n) is 9.05. The summed E-state index contributed by atoms with van der Waals surface area (Å²) in [4.78, 5) is 22.4. The van der Waals surface area contributed by atoms with Gasteiger partial charge in [-0.3, -0.25) is 9.88 Å². The van der Waals surface area contributed by atoms with Gasteiger partial charge < -0.3 is 23.9 Å². The highest BCUT2D eigenvalue weighted by molar-refractivity contribution is 6.17. The van der Waals surface area contributed by atoms with E-state index in [1.165, 1.54) is 25.7 Å². The van der Waals surface area contributed by atoms with E-state index < -0.39 is 5.97 Å². The zero-order chi connectivity index (χ0) is 29.2. The summed E-state index contributed by atoms with van der Waals surface area (Å²) < 4.78 is 18.1. The molecule has 1 aliphatic heterocycles. The Morgan fingerprint density at radius 3 is 2.55 bits per heavy atom. The maximum atomic E-state index is 13.4. The molecule has 8 heteroatoms. The van der Waals surface area contributed by atoms with Crippen molar-refractivity contribution in [1.82, 2.24) is 14.8 Å². The Hall–Kier alpha value is -3.62. The molecule has 1 saturated heterocycles. The lowest BCUT2D eigenvalue weighted by Crippen LogP contribution is -2.46. The summed E-state index contributed by atoms with van der Waals surface area (Å²) in [6, 6.07) is 9.42. The zero-order valence-electron chi connectivity index (χ0n) is 24.9. The second-order valence-electron chi connectivity index (χ2n) is 11.7. The number of nitrogens with zero attached hydrogens (tertiary/aromatic N) is 3. The highest BCUT2D eigenvalue weighted by Crippen LogP contribution is 2.48. The second-order valence-corrected chi connectivity index (χ2v) is 11.7. The first-order valence-corrected chi connectivity index (χ1v) is 15.3. The van der Waals surface area contributed by atoms with E-state index in [0.717, 1.165) is 55.2 Å². The van der Waals surface area contributed by atoms with Crippen molar-refractivity contribution in [2.75, 3.05) is 46.4 Å². The van der Waals surface area contributed by atoms with E-state index >= 15 is 0 Å². The second kappa shape index (κ2) is 12.3. The van der Waals surface area contributed by atoms with Crippen molar-refractivity contribution in [2.24, 2.45) is 5.92 Å². The van der Waals surface area contributed by atoms with Gasteiger partial charge in [-0.15, -0.1) is 0 Å². The predicted octanol–water partition coefficient (Wildman–Crippen LogP) is 6.47. The lowest BCUT2D eigenvalue weighted by Gasteiger charge is -2.39. The minimum absolute atomic E-state index is 0.141. The largest absolute Gasteiger partial charge is 0.507 e. The zero-order valence-corrected chi connectivity index (χ0v) is 24.9. The van der Waals surface area contributed by atoms with Gasteiger partial charge >= 0.3 is 5.97 Å². The summed E-state index contributed by atoms with van der Waals surface area (Å²) in [5.41, 5.74) is 2.57. The summed E-state index contributed by atoms with van der Waals surface area (Å²) in [5, 5.41) is 14.1. The van der Waals surface area contributed by atoms with Crippen LogP contribution in [0.4, 0.5) is 0 Å². The number of carbonyl (C=O) groups is 1. The highest BCUT2D eigenvalue weighted by Gasteiger charge is 2.35. The number of fused-ring (bicyclic) bond motifs is 3. The monoisotopic (exact) mass is 571 g/mol. The Kier molecular flexibility index (Phi) is 8.36. The predicted molar refractivity (Wildman–Crippen MR) is 163 cm³/mol. The van der Waals surface area contributed by atoms with Crippen LogP contribution in [0.1, 0.15) is 72.3 Å². The summed E-state index contributed by atoms with van der Waals surface area (Å²) in [5.74, 6) is 1.62. The van der Waals surface area contributed by atoms with Crippen LogP contribution in [0.2, 0.25) is 0 Å². The van der Waals surface area contributed by atoms with Crippen LogP contribution in [-0.4, -0.2) is 72.3 Å². The third kappa shape index (κ3) is 5.45. The molecule has 0 bridgehead atoms. The van der Waals surface area contributed by atoms with E-state index in [0.29, 0.717) is 39.8 Å². The Bertz CT molecular complexity index is 1550. The molecule has 2 fully saturated rings. The molecule has 3 heterocycles. The number of piperazine rings is 1. The van der Waals surface area contributed by atoms with Crippen molar-refractivity contribution in [3.8, 4) is 11.5 Å². The number of likely N-dealkylation sites (N-methyl/N-ethyl adjacent to an activating group) is 1. The molecule has 0 spiro atoms. The number of hydrogen-bond acceptors (Lipinski definition) is 8. The van der Waals surface area contributed by atoms with Crippen molar-refractivity contribution >= 4 is 27.7 Å². The molecule has 4 aromatic rings. The number of aromatic nitrogens is 1. The number of hydrogen-bond donors (Lipinski definition) is 1.